The Kier molecular flexibility index (Phi) is 3.24. The first kappa shape index (κ1) is 13.9. The Morgan fingerprint density at radius 1 is 1.36 bits per heavy atom. The molecule has 0 aliphatic carbocycles. The normalized spacial score (nSPS) is 17.2. The first-order chi connectivity index (χ1) is 10.6. The average molecular weight is 331 g/mol. The maximum Gasteiger partial charge on any atom is 0.144 e. The van der Waals surface area contributed by atoms with E-state index in [1.807, 2.05) is 31.2 Å². The fourth-order valence-electron chi connectivity index (χ4n) is 2.86. The van der Waals surface area contributed by atoms with Gasteiger partial charge < -0.3 is 10.0 Å². The molecule has 1 N–H and O–H groups in total. The lowest BCUT2D eigenvalue weighted by Crippen LogP contribution is -2.03. The van der Waals surface area contributed by atoms with Gasteiger partial charge in [0.2, 0.25) is 0 Å². The molecule has 2 aromatic carbocycles. The number of fused-ring (bicyclic) bond motifs is 1. The predicted molar refractivity (Wildman–Crippen MR) is 92.3 cm³/mol. The molecule has 4 rings (SSSR count). The molecule has 0 radical (unpaired) electrons. The van der Waals surface area contributed by atoms with E-state index in [0.717, 1.165) is 33.4 Å². The number of thiazole rings is 1. The van der Waals surface area contributed by atoms with Gasteiger partial charge in [-0.25, -0.2) is 4.98 Å². The van der Waals surface area contributed by atoms with Crippen molar-refractivity contribution >= 4 is 38.8 Å². The highest BCUT2D eigenvalue weighted by atomic mass is 35.5. The third kappa shape index (κ3) is 2.42. The molecule has 1 unspecified atom stereocenters. The largest absolute Gasteiger partial charge is 0.506 e. The summed E-state index contributed by atoms with van der Waals surface area (Å²) < 4.78 is 1.04. The van der Waals surface area contributed by atoms with Crippen LogP contribution in [0, 0.1) is 6.92 Å². The van der Waals surface area contributed by atoms with Crippen LogP contribution in [0.3, 0.4) is 0 Å². The van der Waals surface area contributed by atoms with E-state index in [1.165, 1.54) is 5.56 Å². The molecule has 3 aromatic rings. The van der Waals surface area contributed by atoms with Gasteiger partial charge in [0.15, 0.2) is 0 Å². The van der Waals surface area contributed by atoms with Gasteiger partial charge in [-0.1, -0.05) is 29.8 Å². The van der Waals surface area contributed by atoms with Crippen molar-refractivity contribution in [3.63, 3.8) is 0 Å². The summed E-state index contributed by atoms with van der Waals surface area (Å²) in [6, 6.07) is 12.4. The minimum atomic E-state index is 0.264. The molecule has 22 heavy (non-hydrogen) atoms. The number of benzene rings is 2. The summed E-state index contributed by atoms with van der Waals surface area (Å²) >= 11 is 7.85. The van der Waals surface area contributed by atoms with Crippen LogP contribution in [-0.4, -0.2) is 22.7 Å². The second-order valence-electron chi connectivity index (χ2n) is 5.65. The van der Waals surface area contributed by atoms with E-state index in [4.69, 9.17) is 11.6 Å². The minimum Gasteiger partial charge on any atom is -0.506 e. The maximum atomic E-state index is 10.2. The van der Waals surface area contributed by atoms with Crippen LogP contribution in [0.1, 0.15) is 10.6 Å². The lowest BCUT2D eigenvalue weighted by atomic mass is 10.1. The Labute approximate surface area is 137 Å². The quantitative estimate of drug-likeness (QED) is 0.723. The molecule has 3 nitrogen and oxygen atoms in total. The Morgan fingerprint density at radius 3 is 3.00 bits per heavy atom. The topological polar surface area (TPSA) is 36.1 Å². The Hall–Kier alpha value is -1.78. The summed E-state index contributed by atoms with van der Waals surface area (Å²) in [7, 11) is 0. The molecule has 0 spiro atoms. The first-order valence-electron chi connectivity index (χ1n) is 7.22. The summed E-state index contributed by atoms with van der Waals surface area (Å²) in [5, 5.41) is 12.0. The highest BCUT2D eigenvalue weighted by molar-refractivity contribution is 7.18. The zero-order chi connectivity index (χ0) is 15.3. The number of aromatic hydroxyl groups is 1. The third-order valence-corrected chi connectivity index (χ3v) is 5.31. The van der Waals surface area contributed by atoms with Gasteiger partial charge in [0.25, 0.3) is 0 Å². The smallest absolute Gasteiger partial charge is 0.144 e. The second-order valence-corrected chi connectivity index (χ2v) is 7.29. The van der Waals surface area contributed by atoms with Gasteiger partial charge in [-0.05, 0) is 31.0 Å². The van der Waals surface area contributed by atoms with Crippen molar-refractivity contribution in [2.24, 2.45) is 0 Å². The van der Waals surface area contributed by atoms with Crippen molar-refractivity contribution in [1.29, 1.82) is 0 Å². The Balaban J connectivity index is 1.58. The molecule has 1 fully saturated rings. The van der Waals surface area contributed by atoms with Crippen LogP contribution in [0.4, 0.5) is 5.69 Å². The van der Waals surface area contributed by atoms with E-state index in [1.54, 1.807) is 11.3 Å². The SMILES string of the molecule is Cc1nc2c(O)cc(N3CC3Cc3ccccc3Cl)cc2s1. The summed E-state index contributed by atoms with van der Waals surface area (Å²) in [5.41, 5.74) is 2.94. The van der Waals surface area contributed by atoms with Crippen molar-refractivity contribution < 1.29 is 5.11 Å². The molecule has 1 atom stereocenters. The molecule has 1 aromatic heterocycles. The van der Waals surface area contributed by atoms with Crippen LogP contribution in [-0.2, 0) is 6.42 Å². The predicted octanol–water partition coefficient (Wildman–Crippen LogP) is 4.40. The zero-order valence-electron chi connectivity index (χ0n) is 12.1. The molecular formula is C17H15ClN2OS. The number of anilines is 1. The van der Waals surface area contributed by atoms with Crippen LogP contribution in [0.25, 0.3) is 10.2 Å². The highest BCUT2D eigenvalue weighted by Gasteiger charge is 2.35. The fraction of sp³-hybridized carbons (Fsp3) is 0.235. The summed E-state index contributed by atoms with van der Waals surface area (Å²) in [4.78, 5) is 6.65. The van der Waals surface area contributed by atoms with Crippen molar-refractivity contribution in [2.45, 2.75) is 19.4 Å². The fourth-order valence-corrected chi connectivity index (χ4v) is 3.96. The van der Waals surface area contributed by atoms with Gasteiger partial charge in [0.05, 0.1) is 15.7 Å². The summed E-state index contributed by atoms with van der Waals surface area (Å²) in [5.74, 6) is 0.264. The number of halogens is 1. The average Bonchev–Trinajstić information content (AvgIpc) is 3.14. The molecule has 112 valence electrons. The number of rotatable bonds is 3. The van der Waals surface area contributed by atoms with E-state index in [9.17, 15) is 5.11 Å². The van der Waals surface area contributed by atoms with Gasteiger partial charge in [0, 0.05) is 23.3 Å². The molecule has 0 saturated carbocycles. The molecule has 5 heteroatoms. The number of hydrogen-bond donors (Lipinski definition) is 1. The van der Waals surface area contributed by atoms with Crippen LogP contribution >= 0.6 is 22.9 Å². The van der Waals surface area contributed by atoms with Crippen LogP contribution in [0.5, 0.6) is 5.75 Å². The number of nitrogens with zero attached hydrogens (tertiary/aromatic N) is 2. The van der Waals surface area contributed by atoms with E-state index in [2.05, 4.69) is 22.0 Å². The van der Waals surface area contributed by atoms with Crippen LogP contribution in [0.2, 0.25) is 5.02 Å². The standard InChI is InChI=1S/C17H15ClN2OS/c1-10-19-17-15(21)7-12(8-16(17)22-10)20-9-13(20)6-11-4-2-3-5-14(11)18/h2-5,7-8,13,21H,6,9H2,1H3. The van der Waals surface area contributed by atoms with E-state index in [0.29, 0.717) is 11.6 Å². The number of phenolic OH excluding ortho intramolecular Hbond substituents is 1. The maximum absolute atomic E-state index is 10.2. The van der Waals surface area contributed by atoms with Crippen molar-refractivity contribution in [3.05, 3.63) is 52.0 Å². The van der Waals surface area contributed by atoms with Gasteiger partial charge >= 0.3 is 0 Å². The van der Waals surface area contributed by atoms with Crippen molar-refractivity contribution in [1.82, 2.24) is 4.98 Å². The molecule has 2 heterocycles. The van der Waals surface area contributed by atoms with Crippen molar-refractivity contribution in [3.8, 4) is 5.75 Å². The number of hydrogen-bond acceptors (Lipinski definition) is 4. The summed E-state index contributed by atoms with van der Waals surface area (Å²) in [6.07, 6.45) is 0.931. The lowest BCUT2D eigenvalue weighted by molar-refractivity contribution is 0.480. The van der Waals surface area contributed by atoms with Gasteiger partial charge in [-0.3, -0.25) is 0 Å². The second kappa shape index (κ2) is 5.14. The molecule has 0 amide bonds. The Morgan fingerprint density at radius 2 is 2.18 bits per heavy atom. The summed E-state index contributed by atoms with van der Waals surface area (Å²) in [6.45, 7) is 2.95. The molecule has 1 aliphatic rings. The third-order valence-electron chi connectivity index (χ3n) is 4.03. The number of aromatic nitrogens is 1. The van der Waals surface area contributed by atoms with Crippen LogP contribution in [0.15, 0.2) is 36.4 Å². The highest BCUT2D eigenvalue weighted by Crippen LogP contribution is 2.38. The van der Waals surface area contributed by atoms with E-state index >= 15 is 0 Å². The van der Waals surface area contributed by atoms with Gasteiger partial charge in [-0.2, -0.15) is 0 Å². The molecule has 0 bridgehead atoms. The van der Waals surface area contributed by atoms with E-state index in [-0.39, 0.29) is 5.75 Å². The van der Waals surface area contributed by atoms with E-state index < -0.39 is 0 Å². The molecule has 1 aliphatic heterocycles. The van der Waals surface area contributed by atoms with Gasteiger partial charge in [-0.15, -0.1) is 11.3 Å². The molecular weight excluding hydrogens is 316 g/mol. The number of phenols is 1. The van der Waals surface area contributed by atoms with Crippen LogP contribution < -0.4 is 4.90 Å². The monoisotopic (exact) mass is 330 g/mol. The lowest BCUT2D eigenvalue weighted by Gasteiger charge is -2.08. The minimum absolute atomic E-state index is 0.264. The zero-order valence-corrected chi connectivity index (χ0v) is 13.7. The molecule has 1 saturated heterocycles. The number of aryl methyl sites for hydroxylation is 1. The van der Waals surface area contributed by atoms with Crippen molar-refractivity contribution in [2.75, 3.05) is 11.4 Å². The first-order valence-corrected chi connectivity index (χ1v) is 8.41. The van der Waals surface area contributed by atoms with Gasteiger partial charge in [0.1, 0.15) is 11.3 Å². The Bertz CT molecular complexity index is 861.